The Kier molecular flexibility index (Phi) is 6.24. The summed E-state index contributed by atoms with van der Waals surface area (Å²) >= 11 is 0. The molecule has 0 atom stereocenters. The summed E-state index contributed by atoms with van der Waals surface area (Å²) in [5.74, 6) is 0.183. The van der Waals surface area contributed by atoms with Gasteiger partial charge < -0.3 is 11.1 Å². The number of nitrogens with one attached hydrogen (secondary N) is 2. The molecule has 4 N–H and O–H groups in total. The first-order chi connectivity index (χ1) is 9.56. The fraction of sp³-hybridized carbons (Fsp3) is 0.333. The van der Waals surface area contributed by atoms with Crippen LogP contribution in [0.4, 0.5) is 5.69 Å². The molecular formula is C15H21ClN4O. The number of rotatable bonds is 5. The van der Waals surface area contributed by atoms with Gasteiger partial charge in [-0.1, -0.05) is 26.0 Å². The molecule has 0 saturated carbocycles. The summed E-state index contributed by atoms with van der Waals surface area (Å²) in [7, 11) is 0. The Morgan fingerprint density at radius 2 is 2.00 bits per heavy atom. The zero-order chi connectivity index (χ0) is 14.5. The molecule has 1 amide bonds. The fourth-order valence-electron chi connectivity index (χ4n) is 1.84. The average Bonchev–Trinajstić information content (AvgIpc) is 2.91. The highest BCUT2D eigenvalue weighted by Crippen LogP contribution is 2.11. The van der Waals surface area contributed by atoms with Crippen molar-refractivity contribution in [2.24, 2.45) is 0 Å². The minimum absolute atomic E-state index is 0. The summed E-state index contributed by atoms with van der Waals surface area (Å²) in [4.78, 5) is 11.9. The Morgan fingerprint density at radius 1 is 1.33 bits per heavy atom. The first kappa shape index (κ1) is 17.0. The second kappa shape index (κ2) is 7.69. The Balaban J connectivity index is 0.00000220. The predicted molar refractivity (Wildman–Crippen MR) is 86.8 cm³/mol. The van der Waals surface area contributed by atoms with Crippen molar-refractivity contribution in [2.45, 2.75) is 26.2 Å². The van der Waals surface area contributed by atoms with Gasteiger partial charge in [-0.25, -0.2) is 0 Å². The van der Waals surface area contributed by atoms with E-state index >= 15 is 0 Å². The van der Waals surface area contributed by atoms with Crippen LogP contribution in [-0.4, -0.2) is 22.6 Å². The number of aromatic nitrogens is 2. The van der Waals surface area contributed by atoms with Crippen LogP contribution in [0.3, 0.4) is 0 Å². The van der Waals surface area contributed by atoms with Crippen molar-refractivity contribution in [3.63, 3.8) is 0 Å². The monoisotopic (exact) mass is 308 g/mol. The third-order valence-electron chi connectivity index (χ3n) is 3.13. The molecule has 0 aliphatic rings. The lowest BCUT2D eigenvalue weighted by Gasteiger charge is -2.04. The maximum atomic E-state index is 11.9. The maximum Gasteiger partial charge on any atom is 0.271 e. The van der Waals surface area contributed by atoms with E-state index < -0.39 is 0 Å². The van der Waals surface area contributed by atoms with Crippen molar-refractivity contribution in [3.8, 4) is 0 Å². The summed E-state index contributed by atoms with van der Waals surface area (Å²) in [6.07, 6.45) is 0.771. The van der Waals surface area contributed by atoms with E-state index in [0.29, 0.717) is 18.2 Å². The van der Waals surface area contributed by atoms with Crippen molar-refractivity contribution < 1.29 is 4.79 Å². The smallest absolute Gasteiger partial charge is 0.271 e. The highest BCUT2D eigenvalue weighted by Gasteiger charge is 2.11. The van der Waals surface area contributed by atoms with E-state index in [1.807, 2.05) is 24.3 Å². The molecule has 0 unspecified atom stereocenters. The van der Waals surface area contributed by atoms with Gasteiger partial charge in [0.05, 0.1) is 0 Å². The molecule has 2 rings (SSSR count). The van der Waals surface area contributed by atoms with Crippen molar-refractivity contribution in [2.75, 3.05) is 12.3 Å². The average molecular weight is 309 g/mol. The van der Waals surface area contributed by atoms with Crippen LogP contribution >= 0.6 is 12.4 Å². The first-order valence-corrected chi connectivity index (χ1v) is 6.74. The Morgan fingerprint density at radius 3 is 2.57 bits per heavy atom. The van der Waals surface area contributed by atoms with Gasteiger partial charge in [-0.05, 0) is 36.1 Å². The van der Waals surface area contributed by atoms with Gasteiger partial charge in [0.15, 0.2) is 0 Å². The molecule has 0 spiro atoms. The maximum absolute atomic E-state index is 11.9. The number of carbonyl (C=O) groups excluding carboxylic acids is 1. The SMILES string of the molecule is CC(C)c1cc(C(=O)NCCc2ccc(N)cc2)n[nH]1.Cl. The standard InChI is InChI=1S/C15H20N4O.ClH/c1-10(2)13-9-14(19-18-13)15(20)17-8-7-11-3-5-12(16)6-4-11;/h3-6,9-10H,7-8,16H2,1-2H3,(H,17,20)(H,18,19);1H. The van der Waals surface area contributed by atoms with Crippen LogP contribution in [0, 0.1) is 0 Å². The van der Waals surface area contributed by atoms with Crippen LogP contribution in [0.25, 0.3) is 0 Å². The van der Waals surface area contributed by atoms with Gasteiger partial charge in [-0.2, -0.15) is 5.10 Å². The molecular weight excluding hydrogens is 288 g/mol. The molecule has 6 heteroatoms. The van der Waals surface area contributed by atoms with Crippen molar-refractivity contribution in [1.82, 2.24) is 15.5 Å². The Bertz CT molecular complexity index is 578. The summed E-state index contributed by atoms with van der Waals surface area (Å²) in [5.41, 5.74) is 8.92. The normalized spacial score (nSPS) is 10.2. The second-order valence-corrected chi connectivity index (χ2v) is 5.11. The molecule has 21 heavy (non-hydrogen) atoms. The number of H-pyrrole nitrogens is 1. The zero-order valence-electron chi connectivity index (χ0n) is 12.2. The van der Waals surface area contributed by atoms with E-state index in [9.17, 15) is 4.79 Å². The number of nitrogens with zero attached hydrogens (tertiary/aromatic N) is 1. The molecule has 5 nitrogen and oxygen atoms in total. The number of nitrogen functional groups attached to an aromatic ring is 1. The third kappa shape index (κ3) is 4.79. The van der Waals surface area contributed by atoms with Gasteiger partial charge in [0, 0.05) is 17.9 Å². The van der Waals surface area contributed by atoms with Gasteiger partial charge >= 0.3 is 0 Å². The second-order valence-electron chi connectivity index (χ2n) is 5.11. The van der Waals surface area contributed by atoms with Gasteiger partial charge in [0.1, 0.15) is 5.69 Å². The number of amides is 1. The van der Waals surface area contributed by atoms with E-state index in [1.165, 1.54) is 0 Å². The first-order valence-electron chi connectivity index (χ1n) is 6.74. The predicted octanol–water partition coefficient (Wildman–Crippen LogP) is 2.51. The van der Waals surface area contributed by atoms with Crippen LogP contribution in [0.1, 0.15) is 41.5 Å². The van der Waals surface area contributed by atoms with Gasteiger partial charge in [-0.3, -0.25) is 9.89 Å². The van der Waals surface area contributed by atoms with Crippen molar-refractivity contribution in [1.29, 1.82) is 0 Å². The number of halogens is 1. The molecule has 114 valence electrons. The van der Waals surface area contributed by atoms with Gasteiger partial charge in [0.25, 0.3) is 5.91 Å². The summed E-state index contributed by atoms with van der Waals surface area (Å²) in [6, 6.07) is 9.45. The molecule has 0 bridgehead atoms. The molecule has 2 aromatic rings. The van der Waals surface area contributed by atoms with Crippen LogP contribution < -0.4 is 11.1 Å². The van der Waals surface area contributed by atoms with E-state index in [1.54, 1.807) is 6.07 Å². The topological polar surface area (TPSA) is 83.8 Å². The van der Waals surface area contributed by atoms with E-state index in [2.05, 4.69) is 29.4 Å². The summed E-state index contributed by atoms with van der Waals surface area (Å²) in [5, 5.41) is 9.76. The largest absolute Gasteiger partial charge is 0.399 e. The Hall–Kier alpha value is -2.01. The lowest BCUT2D eigenvalue weighted by Crippen LogP contribution is -2.26. The number of hydrogen-bond donors (Lipinski definition) is 3. The van der Waals surface area contributed by atoms with Crippen LogP contribution in [0.15, 0.2) is 30.3 Å². The summed E-state index contributed by atoms with van der Waals surface area (Å²) in [6.45, 7) is 4.68. The molecule has 1 aromatic carbocycles. The molecule has 0 aliphatic carbocycles. The van der Waals surface area contributed by atoms with Crippen molar-refractivity contribution >= 4 is 24.0 Å². The molecule has 0 radical (unpaired) electrons. The van der Waals surface area contributed by atoms with E-state index in [4.69, 9.17) is 5.73 Å². The van der Waals surface area contributed by atoms with Crippen LogP contribution in [0.2, 0.25) is 0 Å². The number of carbonyl (C=O) groups is 1. The minimum atomic E-state index is -0.149. The molecule has 1 aromatic heterocycles. The number of aromatic amines is 1. The molecule has 0 saturated heterocycles. The zero-order valence-corrected chi connectivity index (χ0v) is 13.0. The highest BCUT2D eigenvalue weighted by atomic mass is 35.5. The molecule has 1 heterocycles. The van der Waals surface area contributed by atoms with Crippen molar-refractivity contribution in [3.05, 3.63) is 47.3 Å². The number of benzene rings is 1. The molecule has 0 aliphatic heterocycles. The quantitative estimate of drug-likeness (QED) is 0.742. The third-order valence-corrected chi connectivity index (χ3v) is 3.13. The van der Waals surface area contributed by atoms with E-state index in [-0.39, 0.29) is 18.3 Å². The number of hydrogen-bond acceptors (Lipinski definition) is 3. The van der Waals surface area contributed by atoms with Crippen LogP contribution in [0.5, 0.6) is 0 Å². The molecule has 0 fully saturated rings. The minimum Gasteiger partial charge on any atom is -0.399 e. The highest BCUT2D eigenvalue weighted by molar-refractivity contribution is 5.92. The summed E-state index contributed by atoms with van der Waals surface area (Å²) < 4.78 is 0. The Labute approximate surface area is 130 Å². The van der Waals surface area contributed by atoms with E-state index in [0.717, 1.165) is 23.4 Å². The lowest BCUT2D eigenvalue weighted by molar-refractivity contribution is 0.0949. The lowest BCUT2D eigenvalue weighted by atomic mass is 10.1. The van der Waals surface area contributed by atoms with Crippen LogP contribution in [-0.2, 0) is 6.42 Å². The van der Waals surface area contributed by atoms with Gasteiger partial charge in [-0.15, -0.1) is 12.4 Å². The number of nitrogens with two attached hydrogens (primary N) is 1. The number of anilines is 1. The van der Waals surface area contributed by atoms with Gasteiger partial charge in [0.2, 0.25) is 0 Å². The fourth-order valence-corrected chi connectivity index (χ4v) is 1.84.